The molecule has 5 N–H and O–H groups in total. The van der Waals surface area contributed by atoms with Gasteiger partial charge >= 0.3 is 11.9 Å². The summed E-state index contributed by atoms with van der Waals surface area (Å²) in [4.78, 5) is 62.3. The summed E-state index contributed by atoms with van der Waals surface area (Å²) in [7, 11) is 0. The number of thiazole rings is 1. The van der Waals surface area contributed by atoms with Crippen LogP contribution >= 0.6 is 23.1 Å². The molecule has 16 heteroatoms. The normalized spacial score (nSPS) is 19.6. The molecule has 0 bridgehead atoms. The number of aliphatic carboxylic acids is 2. The quantitative estimate of drug-likeness (QED) is 0.132. The first-order chi connectivity index (χ1) is 16.8. The standard InChI is InChI=1S/C19H17N7O7S2/c20-19-22-10(8-35-19)12(24-33-6-11(27)28)15(29)23-13-16(30)26-14(18(31)32)9(7-34-17(13)26)5-25-3-1-21-2-4-25/h1-4,8,13,17H,5-7H2,(H4-,20,22,23,27,28,29,31,32)/p+1/t13?,17-/m0/s1. The van der Waals surface area contributed by atoms with Crippen molar-refractivity contribution in [3.05, 3.63) is 47.1 Å². The van der Waals surface area contributed by atoms with Crippen LogP contribution in [0.5, 0.6) is 0 Å². The number of nitrogen functional groups attached to an aromatic ring is 1. The molecule has 182 valence electrons. The summed E-state index contributed by atoms with van der Waals surface area (Å²) in [6.07, 6.45) is 6.50. The van der Waals surface area contributed by atoms with Gasteiger partial charge in [-0.3, -0.25) is 19.5 Å². The smallest absolute Gasteiger partial charge is 0.352 e. The minimum atomic E-state index is -1.30. The maximum Gasteiger partial charge on any atom is 0.352 e. The molecule has 2 atom stereocenters. The molecule has 0 radical (unpaired) electrons. The summed E-state index contributed by atoms with van der Waals surface area (Å²) in [5.74, 6) is -3.68. The highest BCUT2D eigenvalue weighted by Crippen LogP contribution is 2.40. The summed E-state index contributed by atoms with van der Waals surface area (Å²) in [5.41, 5.74) is 5.70. The van der Waals surface area contributed by atoms with Crippen molar-refractivity contribution in [2.75, 3.05) is 18.1 Å². The van der Waals surface area contributed by atoms with Crippen LogP contribution in [0.4, 0.5) is 5.13 Å². The van der Waals surface area contributed by atoms with E-state index in [0.29, 0.717) is 11.3 Å². The van der Waals surface area contributed by atoms with E-state index in [1.54, 1.807) is 29.4 Å². The molecule has 0 saturated carbocycles. The Morgan fingerprint density at radius 2 is 2.06 bits per heavy atom. The first-order valence-corrected chi connectivity index (χ1v) is 11.8. The van der Waals surface area contributed by atoms with E-state index < -0.39 is 41.8 Å². The Labute approximate surface area is 205 Å². The fourth-order valence-corrected chi connectivity index (χ4v) is 5.32. The number of nitrogens with zero attached hydrogens (tertiary/aromatic N) is 5. The van der Waals surface area contributed by atoms with E-state index in [1.807, 2.05) is 0 Å². The largest absolute Gasteiger partial charge is 0.479 e. The molecule has 2 aromatic heterocycles. The van der Waals surface area contributed by atoms with Crippen molar-refractivity contribution < 1.29 is 38.8 Å². The van der Waals surface area contributed by atoms with Gasteiger partial charge in [0.1, 0.15) is 22.8 Å². The number of carboxylic acid groups (broad SMARTS) is 2. The number of nitrogens with one attached hydrogen (secondary N) is 1. The average Bonchev–Trinajstić information content (AvgIpc) is 3.25. The fourth-order valence-electron chi connectivity index (χ4n) is 3.44. The second kappa shape index (κ2) is 10.1. The summed E-state index contributed by atoms with van der Waals surface area (Å²) >= 11 is 2.34. The zero-order chi connectivity index (χ0) is 25.1. The van der Waals surface area contributed by atoms with Crippen LogP contribution in [0.1, 0.15) is 5.69 Å². The Bertz CT molecular complexity index is 1250. The second-order valence-corrected chi connectivity index (χ2v) is 9.21. The average molecular weight is 521 g/mol. The van der Waals surface area contributed by atoms with Crippen LogP contribution in [0.25, 0.3) is 0 Å². The number of fused-ring (bicyclic) bond motifs is 1. The molecule has 1 saturated heterocycles. The van der Waals surface area contributed by atoms with Crippen LogP contribution in [-0.4, -0.2) is 78.3 Å². The number of hydrogen-bond acceptors (Lipinski definition) is 11. The molecular formula is C19H18N7O7S2+. The van der Waals surface area contributed by atoms with E-state index in [1.165, 1.54) is 17.1 Å². The highest BCUT2D eigenvalue weighted by molar-refractivity contribution is 8.00. The number of carbonyl (C=O) groups is 4. The lowest BCUT2D eigenvalue weighted by Gasteiger charge is -2.49. The van der Waals surface area contributed by atoms with Gasteiger partial charge in [-0.1, -0.05) is 5.16 Å². The Hall–Kier alpha value is -4.05. The molecule has 1 fully saturated rings. The van der Waals surface area contributed by atoms with E-state index in [0.717, 1.165) is 16.2 Å². The third-order valence-corrected chi connectivity index (χ3v) is 6.94. The number of amides is 2. The van der Waals surface area contributed by atoms with Crippen molar-refractivity contribution in [2.45, 2.75) is 18.0 Å². The highest BCUT2D eigenvalue weighted by Gasteiger charge is 2.54. The first-order valence-electron chi connectivity index (χ1n) is 9.89. The van der Waals surface area contributed by atoms with Crippen LogP contribution in [-0.2, 0) is 30.6 Å². The molecule has 0 aromatic carbocycles. The van der Waals surface area contributed by atoms with Gasteiger partial charge in [-0.05, 0) is 0 Å². The number of anilines is 1. The van der Waals surface area contributed by atoms with Crippen molar-refractivity contribution in [1.29, 1.82) is 0 Å². The summed E-state index contributed by atoms with van der Waals surface area (Å²) in [5, 5.41) is 25.5. The van der Waals surface area contributed by atoms with Gasteiger partial charge in [-0.2, -0.15) is 4.57 Å². The second-order valence-electron chi connectivity index (χ2n) is 7.21. The molecule has 35 heavy (non-hydrogen) atoms. The maximum absolute atomic E-state index is 12.9. The van der Waals surface area contributed by atoms with Crippen molar-refractivity contribution in [2.24, 2.45) is 5.16 Å². The van der Waals surface area contributed by atoms with Crippen LogP contribution in [0.2, 0.25) is 0 Å². The van der Waals surface area contributed by atoms with E-state index in [9.17, 15) is 24.3 Å². The van der Waals surface area contributed by atoms with Gasteiger partial charge in [-0.15, -0.1) is 23.1 Å². The molecule has 2 aliphatic rings. The maximum atomic E-state index is 12.9. The molecule has 1 unspecified atom stereocenters. The monoisotopic (exact) mass is 520 g/mol. The Morgan fingerprint density at radius 3 is 2.69 bits per heavy atom. The van der Waals surface area contributed by atoms with Crippen LogP contribution in [0.15, 0.2) is 46.6 Å². The molecule has 0 aliphatic carbocycles. The number of β-lactam (4-membered cyclic amide) rings is 1. The number of carbonyl (C=O) groups excluding carboxylic acids is 2. The van der Waals surface area contributed by atoms with Crippen molar-refractivity contribution in [1.82, 2.24) is 20.2 Å². The minimum absolute atomic E-state index is 0.0399. The van der Waals surface area contributed by atoms with Gasteiger partial charge in [0.2, 0.25) is 6.61 Å². The van der Waals surface area contributed by atoms with Gasteiger partial charge in [-0.25, -0.2) is 14.6 Å². The molecule has 0 spiro atoms. The molecule has 2 amide bonds. The first kappa shape index (κ1) is 24.1. The summed E-state index contributed by atoms with van der Waals surface area (Å²) < 4.78 is 1.75. The van der Waals surface area contributed by atoms with Crippen LogP contribution in [0.3, 0.4) is 0 Å². The minimum Gasteiger partial charge on any atom is -0.479 e. The van der Waals surface area contributed by atoms with Gasteiger partial charge in [0, 0.05) is 16.7 Å². The van der Waals surface area contributed by atoms with Crippen molar-refractivity contribution in [3.8, 4) is 0 Å². The topological polar surface area (TPSA) is 201 Å². The summed E-state index contributed by atoms with van der Waals surface area (Å²) in [6, 6.07) is -1.03. The Kier molecular flexibility index (Phi) is 6.92. The van der Waals surface area contributed by atoms with Crippen molar-refractivity contribution >= 4 is 57.7 Å². The zero-order valence-electron chi connectivity index (χ0n) is 17.7. The van der Waals surface area contributed by atoms with Gasteiger partial charge in [0.05, 0.1) is 12.4 Å². The SMILES string of the molecule is Nc1nc(C(=NOCC(=O)O)C(=O)NC2C(=O)N3C(C(=O)O)=C(C[n+]4ccncc4)CS[C@@H]23)cs1. The third-order valence-electron chi connectivity index (χ3n) is 4.92. The number of hydrogen-bond donors (Lipinski definition) is 4. The molecule has 2 aliphatic heterocycles. The number of oxime groups is 1. The Balaban J connectivity index is 1.52. The third kappa shape index (κ3) is 5.07. The van der Waals surface area contributed by atoms with E-state index in [2.05, 4.69) is 25.3 Å². The highest BCUT2D eigenvalue weighted by atomic mass is 32.2. The van der Waals surface area contributed by atoms with Gasteiger partial charge in [0.15, 0.2) is 29.8 Å². The number of thioether (sulfide) groups is 1. The lowest BCUT2D eigenvalue weighted by Crippen LogP contribution is -2.71. The van der Waals surface area contributed by atoms with Crippen LogP contribution in [0, 0.1) is 0 Å². The van der Waals surface area contributed by atoms with Gasteiger partial charge in [0.25, 0.3) is 11.8 Å². The molecule has 14 nitrogen and oxygen atoms in total. The molecule has 2 aromatic rings. The number of nitrogens with two attached hydrogens (primary N) is 1. The number of rotatable bonds is 9. The van der Waals surface area contributed by atoms with Crippen LogP contribution < -0.4 is 15.6 Å². The molecule has 4 heterocycles. The number of aromatic nitrogens is 3. The van der Waals surface area contributed by atoms with Gasteiger partial charge < -0.3 is 26.1 Å². The van der Waals surface area contributed by atoms with E-state index in [-0.39, 0.29) is 28.8 Å². The molecular weight excluding hydrogens is 502 g/mol. The molecule has 4 rings (SSSR count). The zero-order valence-corrected chi connectivity index (χ0v) is 19.4. The van der Waals surface area contributed by atoms with E-state index >= 15 is 0 Å². The fraction of sp³-hybridized carbons (Fsp3) is 0.263. The lowest BCUT2D eigenvalue weighted by molar-refractivity contribution is -0.689. The lowest BCUT2D eigenvalue weighted by atomic mass is 10.0. The predicted molar refractivity (Wildman–Crippen MR) is 121 cm³/mol. The Morgan fingerprint density at radius 1 is 1.31 bits per heavy atom. The number of carboxylic acids is 2. The predicted octanol–water partition coefficient (Wildman–Crippen LogP) is -1.35. The van der Waals surface area contributed by atoms with Crippen molar-refractivity contribution in [3.63, 3.8) is 0 Å². The van der Waals surface area contributed by atoms with E-state index in [4.69, 9.17) is 10.8 Å². The summed E-state index contributed by atoms with van der Waals surface area (Å²) in [6.45, 7) is -0.538.